The minimum Gasteiger partial charge on any atom is -0.321 e. The maximum Gasteiger partial charge on any atom is 0.199 e. The molecule has 1 heterocycles. The molecule has 0 aliphatic carbocycles. The highest BCUT2D eigenvalue weighted by Crippen LogP contribution is 2.24. The van der Waals surface area contributed by atoms with Gasteiger partial charge in [-0.05, 0) is 35.4 Å². The number of carbonyl (C=O) groups excluding carboxylic acids is 1. The van der Waals surface area contributed by atoms with Crippen LogP contribution in [-0.2, 0) is 6.54 Å². The molecule has 1 rings (SSSR count). The van der Waals surface area contributed by atoms with E-state index >= 15 is 0 Å². The van der Waals surface area contributed by atoms with Crippen LogP contribution in [0.15, 0.2) is 10.7 Å². The lowest BCUT2D eigenvalue weighted by molar-refractivity contribution is 0.0888. The monoisotopic (exact) mass is 330 g/mol. The van der Waals surface area contributed by atoms with Crippen molar-refractivity contribution in [2.75, 3.05) is 20.6 Å². The van der Waals surface area contributed by atoms with Gasteiger partial charge in [0.1, 0.15) is 5.69 Å². The summed E-state index contributed by atoms with van der Waals surface area (Å²) in [6.07, 6.45) is 1.65. The van der Waals surface area contributed by atoms with Gasteiger partial charge in [-0.2, -0.15) is 5.10 Å². The van der Waals surface area contributed by atoms with Crippen molar-refractivity contribution >= 4 is 21.7 Å². The standard InChI is InChI=1S/C13H23BrN4O/c1-13(2,3)12(15)11(19)10-9(14)8-16-18(10)7-6-17(4)5/h8,12H,6-7,15H2,1-5H3. The second-order valence-electron chi connectivity index (χ2n) is 6.08. The summed E-state index contributed by atoms with van der Waals surface area (Å²) < 4.78 is 2.42. The maximum absolute atomic E-state index is 12.5. The Bertz CT molecular complexity index is 448. The molecule has 0 aliphatic heterocycles. The van der Waals surface area contributed by atoms with Crippen LogP contribution in [0.3, 0.4) is 0 Å². The lowest BCUT2D eigenvalue weighted by atomic mass is 9.84. The van der Waals surface area contributed by atoms with Crippen LogP contribution in [0.5, 0.6) is 0 Å². The minimum absolute atomic E-state index is 0.0735. The van der Waals surface area contributed by atoms with Crippen LogP contribution in [-0.4, -0.2) is 47.1 Å². The molecule has 1 atom stereocenters. The van der Waals surface area contributed by atoms with Crippen molar-refractivity contribution in [2.45, 2.75) is 33.4 Å². The van der Waals surface area contributed by atoms with E-state index in [-0.39, 0.29) is 11.2 Å². The molecule has 1 aromatic heterocycles. The Morgan fingerprint density at radius 2 is 2.11 bits per heavy atom. The van der Waals surface area contributed by atoms with Gasteiger partial charge in [0.25, 0.3) is 0 Å². The molecule has 108 valence electrons. The third-order valence-electron chi connectivity index (χ3n) is 3.00. The normalized spacial score (nSPS) is 13.9. The highest BCUT2D eigenvalue weighted by atomic mass is 79.9. The van der Waals surface area contributed by atoms with Crippen LogP contribution < -0.4 is 5.73 Å². The fourth-order valence-corrected chi connectivity index (χ4v) is 2.10. The van der Waals surface area contributed by atoms with Crippen molar-refractivity contribution < 1.29 is 4.79 Å². The fraction of sp³-hybridized carbons (Fsp3) is 0.692. The zero-order valence-electron chi connectivity index (χ0n) is 12.3. The van der Waals surface area contributed by atoms with Crippen molar-refractivity contribution in [1.82, 2.24) is 14.7 Å². The third-order valence-corrected chi connectivity index (χ3v) is 3.58. The Kier molecular flexibility index (Phi) is 5.29. The Labute approximate surface area is 123 Å². The summed E-state index contributed by atoms with van der Waals surface area (Å²) in [7, 11) is 3.97. The maximum atomic E-state index is 12.5. The van der Waals surface area contributed by atoms with Crippen LogP contribution in [0.4, 0.5) is 0 Å². The molecular formula is C13H23BrN4O. The van der Waals surface area contributed by atoms with Crippen LogP contribution in [0.25, 0.3) is 0 Å². The number of carbonyl (C=O) groups is 1. The van der Waals surface area contributed by atoms with E-state index in [0.29, 0.717) is 16.7 Å². The average Bonchev–Trinajstić information content (AvgIpc) is 2.64. The first kappa shape index (κ1) is 16.3. The van der Waals surface area contributed by atoms with Gasteiger partial charge in [-0.3, -0.25) is 9.48 Å². The van der Waals surface area contributed by atoms with Crippen LogP contribution in [0.2, 0.25) is 0 Å². The summed E-state index contributed by atoms with van der Waals surface area (Å²) in [5.41, 5.74) is 6.35. The first-order chi connectivity index (χ1) is 8.64. The molecule has 1 aromatic rings. The quantitative estimate of drug-likeness (QED) is 0.835. The number of halogens is 1. The predicted octanol–water partition coefficient (Wildman–Crippen LogP) is 1.76. The Hall–Kier alpha value is -0.720. The van der Waals surface area contributed by atoms with Crippen molar-refractivity contribution in [1.29, 1.82) is 0 Å². The topological polar surface area (TPSA) is 64.2 Å². The number of hydrogen-bond donors (Lipinski definition) is 1. The molecule has 0 fully saturated rings. The molecule has 0 radical (unpaired) electrons. The van der Waals surface area contributed by atoms with Gasteiger partial charge in [-0.1, -0.05) is 20.8 Å². The highest BCUT2D eigenvalue weighted by molar-refractivity contribution is 9.10. The second kappa shape index (κ2) is 6.15. The zero-order chi connectivity index (χ0) is 14.8. The van der Waals surface area contributed by atoms with Gasteiger partial charge in [0.15, 0.2) is 5.78 Å². The number of Topliss-reactive ketones (excluding diaryl/α,β-unsaturated/α-hetero) is 1. The third kappa shape index (κ3) is 4.12. The molecular weight excluding hydrogens is 308 g/mol. The van der Waals surface area contributed by atoms with Gasteiger partial charge in [0.05, 0.1) is 23.3 Å². The number of ketones is 1. The van der Waals surface area contributed by atoms with Gasteiger partial charge in [0, 0.05) is 6.54 Å². The molecule has 0 saturated carbocycles. The van der Waals surface area contributed by atoms with Gasteiger partial charge < -0.3 is 10.6 Å². The van der Waals surface area contributed by atoms with Crippen LogP contribution in [0.1, 0.15) is 31.3 Å². The summed E-state index contributed by atoms with van der Waals surface area (Å²) >= 11 is 3.39. The average molecular weight is 331 g/mol. The smallest absolute Gasteiger partial charge is 0.199 e. The summed E-state index contributed by atoms with van der Waals surface area (Å²) in [5.74, 6) is -0.0735. The van der Waals surface area contributed by atoms with Crippen LogP contribution in [0, 0.1) is 5.41 Å². The lowest BCUT2D eigenvalue weighted by Crippen LogP contribution is -2.43. The van der Waals surface area contributed by atoms with Gasteiger partial charge in [0.2, 0.25) is 0 Å². The number of nitrogens with two attached hydrogens (primary N) is 1. The number of hydrogen-bond acceptors (Lipinski definition) is 4. The zero-order valence-corrected chi connectivity index (χ0v) is 13.9. The van der Waals surface area contributed by atoms with E-state index in [2.05, 4.69) is 21.0 Å². The number of likely N-dealkylation sites (N-methyl/N-ethyl adjacent to an activating group) is 1. The van der Waals surface area contributed by atoms with Gasteiger partial charge >= 0.3 is 0 Å². The highest BCUT2D eigenvalue weighted by Gasteiger charge is 2.31. The van der Waals surface area contributed by atoms with Crippen LogP contribution >= 0.6 is 15.9 Å². The second-order valence-corrected chi connectivity index (χ2v) is 6.93. The number of aromatic nitrogens is 2. The van der Waals surface area contributed by atoms with E-state index in [1.807, 2.05) is 39.8 Å². The first-order valence-electron chi connectivity index (χ1n) is 6.30. The Morgan fingerprint density at radius 1 is 1.53 bits per heavy atom. The molecule has 0 amide bonds. The van der Waals surface area contributed by atoms with Crippen molar-refractivity contribution in [3.63, 3.8) is 0 Å². The fourth-order valence-electron chi connectivity index (χ4n) is 1.61. The summed E-state index contributed by atoms with van der Waals surface area (Å²) in [5, 5.41) is 4.24. The number of nitrogens with zero attached hydrogens (tertiary/aromatic N) is 3. The van der Waals surface area contributed by atoms with Gasteiger partial charge in [-0.25, -0.2) is 0 Å². The minimum atomic E-state index is -0.543. The molecule has 19 heavy (non-hydrogen) atoms. The molecule has 0 aromatic carbocycles. The van der Waals surface area contributed by atoms with Crippen molar-refractivity contribution in [3.05, 3.63) is 16.4 Å². The summed E-state index contributed by atoms with van der Waals surface area (Å²) in [6, 6.07) is -0.543. The number of rotatable bonds is 5. The van der Waals surface area contributed by atoms with E-state index in [4.69, 9.17) is 5.73 Å². The Morgan fingerprint density at radius 3 is 2.58 bits per heavy atom. The van der Waals surface area contributed by atoms with Gasteiger partial charge in [-0.15, -0.1) is 0 Å². The van der Waals surface area contributed by atoms with E-state index in [0.717, 1.165) is 6.54 Å². The Balaban J connectivity index is 2.99. The molecule has 0 bridgehead atoms. The summed E-state index contributed by atoms with van der Waals surface area (Å²) in [4.78, 5) is 14.6. The van der Waals surface area contributed by atoms with E-state index in [1.54, 1.807) is 10.9 Å². The van der Waals surface area contributed by atoms with Crippen molar-refractivity contribution in [3.8, 4) is 0 Å². The van der Waals surface area contributed by atoms with E-state index < -0.39 is 6.04 Å². The van der Waals surface area contributed by atoms with Crippen molar-refractivity contribution in [2.24, 2.45) is 11.1 Å². The molecule has 1 unspecified atom stereocenters. The first-order valence-corrected chi connectivity index (χ1v) is 7.09. The largest absolute Gasteiger partial charge is 0.321 e. The molecule has 6 heteroatoms. The lowest BCUT2D eigenvalue weighted by Gasteiger charge is -2.26. The molecule has 5 nitrogen and oxygen atoms in total. The molecule has 0 saturated heterocycles. The predicted molar refractivity (Wildman–Crippen MR) is 80.2 cm³/mol. The SMILES string of the molecule is CN(C)CCn1ncc(Br)c1C(=O)C(N)C(C)(C)C. The van der Waals surface area contributed by atoms with E-state index in [1.165, 1.54) is 0 Å². The van der Waals surface area contributed by atoms with E-state index in [9.17, 15) is 4.79 Å². The molecule has 0 spiro atoms. The molecule has 0 aliphatic rings. The molecule has 2 N–H and O–H groups in total. The summed E-state index contributed by atoms with van der Waals surface area (Å²) in [6.45, 7) is 7.37.